The summed E-state index contributed by atoms with van der Waals surface area (Å²) >= 11 is 4.92. The predicted molar refractivity (Wildman–Crippen MR) is 258 cm³/mol. The molecule has 12 aromatic rings. The van der Waals surface area contributed by atoms with Crippen LogP contribution in [-0.4, -0.2) is 32.3 Å². The molecule has 0 amide bonds. The summed E-state index contributed by atoms with van der Waals surface area (Å²) in [6.07, 6.45) is 0. The Morgan fingerprint density at radius 2 is 0.683 bits per heavy atom. The molecular weight excluding hydrogens is 942 g/mol. The van der Waals surface area contributed by atoms with Crippen molar-refractivity contribution in [2.75, 3.05) is 7.11 Å². The summed E-state index contributed by atoms with van der Waals surface area (Å²) in [5.74, 6) is 1.43. The van der Waals surface area contributed by atoms with Gasteiger partial charge in [-0.1, -0.05) is 127 Å². The Kier molecular flexibility index (Phi) is 13.3. The van der Waals surface area contributed by atoms with Gasteiger partial charge < -0.3 is 14.9 Å². The Morgan fingerprint density at radius 3 is 1.06 bits per heavy atom. The number of phenols is 2. The fourth-order valence-corrected chi connectivity index (χ4v) is 10.6. The number of benzene rings is 9. The number of nitrogens with zero attached hydrogens (tertiary/aromatic N) is 3. The molecule has 0 saturated heterocycles. The summed E-state index contributed by atoms with van der Waals surface area (Å²) in [4.78, 5) is 14.1. The van der Waals surface area contributed by atoms with Gasteiger partial charge in [0.25, 0.3) is 0 Å². The number of aromatic hydroxyl groups is 2. The molecule has 6 nitrogen and oxygen atoms in total. The molecule has 0 spiro atoms. The van der Waals surface area contributed by atoms with Gasteiger partial charge in [0, 0.05) is 39.0 Å². The average Bonchev–Trinajstić information content (AvgIpc) is 4.06. The third kappa shape index (κ3) is 8.73. The van der Waals surface area contributed by atoms with Crippen molar-refractivity contribution in [2.45, 2.75) is 0 Å². The summed E-state index contributed by atoms with van der Waals surface area (Å²) in [7, 11) is 1.71. The number of thiazole rings is 3. The fourth-order valence-electron chi connectivity index (χ4n) is 7.55. The quantitative estimate of drug-likeness (QED) is 0.171. The number of para-hydroxylation sites is 3. The van der Waals surface area contributed by atoms with Gasteiger partial charge in [0.05, 0.1) is 54.5 Å². The molecule has 0 atom stereocenters. The molecule has 0 radical (unpaired) electrons. The van der Waals surface area contributed by atoms with E-state index in [0.717, 1.165) is 85.0 Å². The largest absolute Gasteiger partial charge is 0.507 e. The van der Waals surface area contributed by atoms with Crippen LogP contribution in [0.5, 0.6) is 17.2 Å². The normalized spacial score (nSPS) is 10.8. The summed E-state index contributed by atoms with van der Waals surface area (Å²) in [6.45, 7) is 0. The first-order chi connectivity index (χ1) is 30.0. The predicted octanol–water partition coefficient (Wildman–Crippen LogP) is 14.8. The molecule has 9 aromatic carbocycles. The molecule has 63 heavy (non-hydrogen) atoms. The number of hydrogen-bond acceptors (Lipinski definition) is 9. The maximum Gasteiger partial charge on any atom is 0.129 e. The molecule has 0 aliphatic heterocycles. The zero-order chi connectivity index (χ0) is 41.3. The van der Waals surface area contributed by atoms with Gasteiger partial charge in [0.15, 0.2) is 0 Å². The Bertz CT molecular complexity index is 3300. The fraction of sp³-hybridized carbons (Fsp3) is 0.0192. The Hall–Kier alpha value is -5.92. The second-order valence-corrected chi connectivity index (χ2v) is 17.3. The van der Waals surface area contributed by atoms with Crippen LogP contribution in [-0.2, 0) is 39.0 Å². The minimum Gasteiger partial charge on any atom is -0.507 e. The van der Waals surface area contributed by atoms with Crippen LogP contribution in [0.15, 0.2) is 182 Å². The molecule has 11 heteroatoms. The summed E-state index contributed by atoms with van der Waals surface area (Å²) in [5, 5.41) is 29.9. The van der Waals surface area contributed by atoms with E-state index in [4.69, 9.17) is 9.72 Å². The van der Waals surface area contributed by atoms with Crippen LogP contribution in [0.4, 0.5) is 0 Å². The van der Waals surface area contributed by atoms with Crippen LogP contribution >= 0.6 is 34.0 Å². The molecule has 0 bridgehead atoms. The van der Waals surface area contributed by atoms with E-state index in [0.29, 0.717) is 0 Å². The van der Waals surface area contributed by atoms with Crippen LogP contribution in [0.2, 0.25) is 0 Å². The van der Waals surface area contributed by atoms with Gasteiger partial charge in [-0.15, -0.1) is 34.0 Å². The Morgan fingerprint density at radius 1 is 0.365 bits per heavy atom. The maximum absolute atomic E-state index is 10.3. The Balaban J connectivity index is 0.000000128. The molecule has 3 heterocycles. The third-order valence-electron chi connectivity index (χ3n) is 10.4. The van der Waals surface area contributed by atoms with Crippen LogP contribution in [0.25, 0.3) is 94.7 Å². The van der Waals surface area contributed by atoms with E-state index in [2.05, 4.69) is 58.5 Å². The maximum atomic E-state index is 10.3. The van der Waals surface area contributed by atoms with Crippen molar-refractivity contribution >= 4 is 97.0 Å². The molecule has 2 N–H and O–H groups in total. The SMILES string of the molecule is COc1ccc2ccccc2c1-c1nc2ccccc2s1.Oc1ccc2ccccc2c1-c1nc2ccccc2s1.Oc1ccc2ccccc2c1-c1nc2ccccc2s1.[Zn].[Zn]. The van der Waals surface area contributed by atoms with E-state index in [-0.39, 0.29) is 50.5 Å². The number of fused-ring (bicyclic) bond motifs is 6. The van der Waals surface area contributed by atoms with Gasteiger partial charge in [-0.25, -0.2) is 15.0 Å². The van der Waals surface area contributed by atoms with E-state index in [1.165, 1.54) is 15.5 Å². The smallest absolute Gasteiger partial charge is 0.129 e. The standard InChI is InChI=1S/C18H13NOS.2C17H11NOS.2Zn/c1-20-15-11-10-12-6-2-3-7-13(12)17(15)18-19-14-8-4-5-9-16(14)21-18;2*19-14-10-9-11-5-1-2-6-12(11)16(14)17-18-13-7-3-4-8-15(13)20-17;;/h2-11H,1H3;2*1-10,19H;;. The molecular formula is C52H35N3O3S3Zn2. The first-order valence-corrected chi connectivity index (χ1v) is 22.0. The van der Waals surface area contributed by atoms with Crippen molar-refractivity contribution in [1.29, 1.82) is 0 Å². The van der Waals surface area contributed by atoms with Crippen LogP contribution in [0.1, 0.15) is 0 Å². The average molecular weight is 977 g/mol. The van der Waals surface area contributed by atoms with Gasteiger partial charge in [-0.05, 0) is 86.9 Å². The van der Waals surface area contributed by atoms with Gasteiger partial charge in [0.1, 0.15) is 32.3 Å². The first kappa shape index (κ1) is 43.7. The number of aromatic nitrogens is 3. The van der Waals surface area contributed by atoms with Crippen molar-refractivity contribution in [3.8, 4) is 49.0 Å². The molecule has 3 aromatic heterocycles. The van der Waals surface area contributed by atoms with Crippen LogP contribution in [0.3, 0.4) is 0 Å². The molecule has 0 unspecified atom stereocenters. The van der Waals surface area contributed by atoms with E-state index in [1.54, 1.807) is 53.3 Å². The van der Waals surface area contributed by atoms with Crippen molar-refractivity contribution < 1.29 is 53.9 Å². The van der Waals surface area contributed by atoms with Crippen molar-refractivity contribution in [2.24, 2.45) is 0 Å². The zero-order valence-corrected chi connectivity index (χ0v) is 42.5. The first-order valence-electron chi connectivity index (χ1n) is 19.6. The summed E-state index contributed by atoms with van der Waals surface area (Å²) in [6, 6.07) is 60.2. The molecule has 0 aliphatic carbocycles. The second kappa shape index (κ2) is 19.2. The third-order valence-corrected chi connectivity index (χ3v) is 13.6. The van der Waals surface area contributed by atoms with Crippen molar-refractivity contribution in [3.63, 3.8) is 0 Å². The molecule has 12 rings (SSSR count). The van der Waals surface area contributed by atoms with E-state index >= 15 is 0 Å². The van der Waals surface area contributed by atoms with E-state index in [9.17, 15) is 10.2 Å². The van der Waals surface area contributed by atoms with Gasteiger partial charge in [0.2, 0.25) is 0 Å². The number of ether oxygens (including phenoxy) is 1. The number of phenolic OH excluding ortho intramolecular Hbond substituents is 2. The minimum atomic E-state index is 0. The van der Waals surface area contributed by atoms with Crippen molar-refractivity contribution in [1.82, 2.24) is 15.0 Å². The van der Waals surface area contributed by atoms with Gasteiger partial charge in [-0.3, -0.25) is 0 Å². The van der Waals surface area contributed by atoms with Crippen molar-refractivity contribution in [3.05, 3.63) is 182 Å². The minimum absolute atomic E-state index is 0. The zero-order valence-electron chi connectivity index (χ0n) is 34.1. The van der Waals surface area contributed by atoms with Gasteiger partial charge in [-0.2, -0.15) is 0 Å². The number of rotatable bonds is 4. The topological polar surface area (TPSA) is 88.4 Å². The molecule has 298 valence electrons. The molecule has 0 saturated carbocycles. The summed E-state index contributed by atoms with van der Waals surface area (Å²) in [5.41, 5.74) is 5.71. The number of methoxy groups -OCH3 is 1. The summed E-state index contributed by atoms with van der Waals surface area (Å²) < 4.78 is 9.04. The Labute approximate surface area is 400 Å². The second-order valence-electron chi connectivity index (χ2n) is 14.2. The number of hydrogen-bond donors (Lipinski definition) is 2. The van der Waals surface area contributed by atoms with Crippen LogP contribution in [0, 0.1) is 0 Å². The monoisotopic (exact) mass is 973 g/mol. The molecule has 0 fully saturated rings. The molecule has 0 aliphatic rings. The van der Waals surface area contributed by atoms with E-state index < -0.39 is 0 Å². The van der Waals surface area contributed by atoms with Crippen LogP contribution < -0.4 is 4.74 Å². The van der Waals surface area contributed by atoms with E-state index in [1.807, 2.05) is 121 Å². The van der Waals surface area contributed by atoms with Gasteiger partial charge >= 0.3 is 0 Å².